The van der Waals surface area contributed by atoms with Crippen molar-refractivity contribution in [3.8, 4) is 5.75 Å². The van der Waals surface area contributed by atoms with Crippen molar-refractivity contribution in [2.75, 3.05) is 5.32 Å². The summed E-state index contributed by atoms with van der Waals surface area (Å²) in [5, 5.41) is 19.9. The average molecular weight is 447 g/mol. The van der Waals surface area contributed by atoms with Gasteiger partial charge in [0.2, 0.25) is 0 Å². The highest BCUT2D eigenvalue weighted by Crippen LogP contribution is 2.55. The molecule has 0 saturated heterocycles. The molecule has 2 aromatic heterocycles. The molecule has 0 unspecified atom stereocenters. The molecule has 8 nitrogen and oxygen atoms in total. The molecule has 0 atom stereocenters. The van der Waals surface area contributed by atoms with Crippen LogP contribution in [-0.4, -0.2) is 30.9 Å². The largest absolute Gasteiger partial charge is 0.505 e. The Hall–Kier alpha value is -2.66. The zero-order valence-corrected chi connectivity index (χ0v) is 18.3. The first-order valence-corrected chi connectivity index (χ1v) is 11.6. The average Bonchev–Trinajstić information content (AvgIpc) is 3.13. The summed E-state index contributed by atoms with van der Waals surface area (Å²) < 4.78 is 26.7. The number of hydrogen-bond donors (Lipinski definition) is 4. The van der Waals surface area contributed by atoms with E-state index < -0.39 is 16.3 Å². The Morgan fingerprint density at radius 1 is 1.27 bits per heavy atom. The van der Waals surface area contributed by atoms with Crippen molar-refractivity contribution in [1.29, 1.82) is 0 Å². The molecule has 158 valence electrons. The van der Waals surface area contributed by atoms with E-state index in [-0.39, 0.29) is 27.5 Å². The zero-order chi connectivity index (χ0) is 21.7. The fourth-order valence-corrected chi connectivity index (χ4v) is 5.03. The van der Waals surface area contributed by atoms with Crippen molar-refractivity contribution >= 4 is 50.1 Å². The number of para-hydroxylation sites is 1. The molecule has 3 heterocycles. The van der Waals surface area contributed by atoms with Gasteiger partial charge in [-0.05, 0) is 35.4 Å². The van der Waals surface area contributed by atoms with Gasteiger partial charge < -0.3 is 10.4 Å². The summed E-state index contributed by atoms with van der Waals surface area (Å²) >= 11 is 1.25. The van der Waals surface area contributed by atoms with E-state index >= 15 is 0 Å². The monoisotopic (exact) mass is 446 g/mol. The molecular formula is C20H22N4O4S2. The molecule has 4 rings (SSSR count). The van der Waals surface area contributed by atoms with Gasteiger partial charge in [-0.25, -0.2) is 0 Å². The molecule has 1 aliphatic rings. The lowest BCUT2D eigenvalue weighted by Gasteiger charge is -2.34. The topological polar surface area (TPSA) is 119 Å². The van der Waals surface area contributed by atoms with Crippen LogP contribution in [0.25, 0.3) is 10.2 Å². The van der Waals surface area contributed by atoms with Gasteiger partial charge >= 0.3 is 0 Å². The fourth-order valence-electron chi connectivity index (χ4n) is 3.04. The van der Waals surface area contributed by atoms with E-state index in [9.17, 15) is 19.0 Å². The lowest BCUT2D eigenvalue weighted by molar-refractivity contribution is 0.436. The van der Waals surface area contributed by atoms with E-state index in [0.29, 0.717) is 22.3 Å². The summed E-state index contributed by atoms with van der Waals surface area (Å²) in [6.07, 6.45) is 2.31. The number of thiophene rings is 1. The normalized spacial score (nSPS) is 16.9. The first kappa shape index (κ1) is 20.6. The number of anilines is 1. The number of amidine groups is 1. The first-order chi connectivity index (χ1) is 14.1. The molecule has 1 aromatic carbocycles. The van der Waals surface area contributed by atoms with E-state index in [0.717, 1.165) is 0 Å². The van der Waals surface area contributed by atoms with E-state index in [1.165, 1.54) is 16.0 Å². The van der Waals surface area contributed by atoms with Crippen LogP contribution < -0.4 is 10.9 Å². The number of nitrogens with one attached hydrogen (secondary N) is 1. The van der Waals surface area contributed by atoms with Gasteiger partial charge in [0.05, 0.1) is 15.9 Å². The van der Waals surface area contributed by atoms with Crippen molar-refractivity contribution in [1.82, 2.24) is 4.68 Å². The number of fused-ring (bicyclic) bond motifs is 2. The summed E-state index contributed by atoms with van der Waals surface area (Å²) in [5.41, 5.74) is 0.114. The molecule has 0 bridgehead atoms. The smallest absolute Gasteiger partial charge is 0.286 e. The van der Waals surface area contributed by atoms with Crippen molar-refractivity contribution in [2.45, 2.75) is 32.1 Å². The minimum absolute atomic E-state index is 0.00389. The molecule has 1 aliphatic heterocycles. The number of aromatic nitrogens is 1. The highest BCUT2D eigenvalue weighted by atomic mass is 32.3. The third-order valence-corrected chi connectivity index (χ3v) is 6.82. The summed E-state index contributed by atoms with van der Waals surface area (Å²) in [6.45, 7) is 6.19. The van der Waals surface area contributed by atoms with Crippen LogP contribution in [0.5, 0.6) is 5.75 Å². The molecule has 4 N–H and O–H groups in total. The highest BCUT2D eigenvalue weighted by molar-refractivity contribution is 8.23. The van der Waals surface area contributed by atoms with Gasteiger partial charge in [0.25, 0.3) is 5.56 Å². The maximum atomic E-state index is 13.3. The van der Waals surface area contributed by atoms with Gasteiger partial charge in [-0.1, -0.05) is 43.7 Å². The predicted octanol–water partition coefficient (Wildman–Crippen LogP) is 4.94. The Morgan fingerprint density at radius 2 is 2.00 bits per heavy atom. The Morgan fingerprint density at radius 3 is 2.73 bits per heavy atom. The second-order valence-corrected chi connectivity index (χ2v) is 10.7. The van der Waals surface area contributed by atoms with Crippen LogP contribution in [0.15, 0.2) is 54.9 Å². The van der Waals surface area contributed by atoms with Gasteiger partial charge in [0.1, 0.15) is 10.5 Å². The third kappa shape index (κ3) is 3.63. The van der Waals surface area contributed by atoms with Gasteiger partial charge in [-0.3, -0.25) is 13.9 Å². The molecule has 0 amide bonds. The summed E-state index contributed by atoms with van der Waals surface area (Å²) in [7, 11) is -3.53. The number of nitrogens with zero attached hydrogens (tertiary/aromatic N) is 3. The van der Waals surface area contributed by atoms with E-state index in [1.807, 2.05) is 0 Å². The second kappa shape index (κ2) is 7.24. The number of aromatic hydroxyl groups is 1. The van der Waals surface area contributed by atoms with Crippen molar-refractivity contribution in [3.05, 3.63) is 51.6 Å². The van der Waals surface area contributed by atoms with Crippen molar-refractivity contribution in [3.63, 3.8) is 0 Å². The second-order valence-electron chi connectivity index (χ2n) is 8.12. The van der Waals surface area contributed by atoms with Crippen LogP contribution >= 0.6 is 22.1 Å². The van der Waals surface area contributed by atoms with Crippen LogP contribution in [0.4, 0.5) is 5.69 Å². The number of benzene rings is 1. The van der Waals surface area contributed by atoms with E-state index in [1.54, 1.807) is 41.9 Å². The van der Waals surface area contributed by atoms with E-state index in [2.05, 4.69) is 35.6 Å². The molecular weight excluding hydrogens is 424 g/mol. The van der Waals surface area contributed by atoms with Crippen LogP contribution in [0.1, 0.15) is 32.8 Å². The first-order valence-electron chi connectivity index (χ1n) is 9.21. The number of pyridine rings is 1. The van der Waals surface area contributed by atoms with Crippen LogP contribution in [0, 0.1) is 5.41 Å². The quantitative estimate of drug-likeness (QED) is 0.425. The molecule has 0 saturated carbocycles. The molecule has 0 radical (unpaired) electrons. The maximum Gasteiger partial charge on any atom is 0.286 e. The zero-order valence-electron chi connectivity index (χ0n) is 16.7. The molecule has 0 aliphatic carbocycles. The third-order valence-electron chi connectivity index (χ3n) is 4.52. The van der Waals surface area contributed by atoms with Gasteiger partial charge in [-0.15, -0.1) is 15.7 Å². The van der Waals surface area contributed by atoms with Crippen molar-refractivity contribution < 1.29 is 14.2 Å². The minimum Gasteiger partial charge on any atom is -0.505 e. The van der Waals surface area contributed by atoms with Gasteiger partial charge in [0.15, 0.2) is 11.6 Å². The fraction of sp³-hybridized carbons (Fsp3) is 0.250. The summed E-state index contributed by atoms with van der Waals surface area (Å²) in [4.78, 5) is 13.5. The summed E-state index contributed by atoms with van der Waals surface area (Å²) in [5.74, 6) is -0.376. The Balaban J connectivity index is 1.91. The molecule has 30 heavy (non-hydrogen) atoms. The molecule has 3 aromatic rings. The SMILES string of the molecule is CC(C)(C)C/C=N/n1c(=O)c(C2=NS(O)(O)c3ccccc3N2)c(O)c2sccc21. The van der Waals surface area contributed by atoms with Crippen LogP contribution in [-0.2, 0) is 0 Å². The lowest BCUT2D eigenvalue weighted by atomic mass is 9.93. The molecule has 0 fully saturated rings. The Kier molecular flexibility index (Phi) is 4.97. The Bertz CT molecular complexity index is 1250. The van der Waals surface area contributed by atoms with Gasteiger partial charge in [0, 0.05) is 6.21 Å². The Labute approximate surface area is 178 Å². The summed E-state index contributed by atoms with van der Waals surface area (Å²) in [6, 6.07) is 8.30. The van der Waals surface area contributed by atoms with Gasteiger partial charge in [-0.2, -0.15) is 9.78 Å². The highest BCUT2D eigenvalue weighted by Gasteiger charge is 2.30. The molecule has 10 heteroatoms. The number of hydrogen-bond acceptors (Lipinski definition) is 8. The van der Waals surface area contributed by atoms with Crippen LogP contribution in [0.2, 0.25) is 0 Å². The molecule has 0 spiro atoms. The van der Waals surface area contributed by atoms with E-state index in [4.69, 9.17) is 0 Å². The van der Waals surface area contributed by atoms with Crippen LogP contribution in [0.3, 0.4) is 0 Å². The standard InChI is InChI=1S/C20H22N4O4S2/c1-20(2,3)9-10-21-24-13-8-11-29-17(13)16(25)15(19(24)26)18-22-12-6-4-5-7-14(12)30(27,28)23-18/h4-8,10-11,25,27-28H,9H2,1-3H3,(H,22,23)/b21-10+. The predicted molar refractivity (Wildman–Crippen MR) is 123 cm³/mol. The van der Waals surface area contributed by atoms with Crippen molar-refractivity contribution in [2.24, 2.45) is 14.9 Å². The maximum absolute atomic E-state index is 13.3. The lowest BCUT2D eigenvalue weighted by Crippen LogP contribution is -2.30. The minimum atomic E-state index is -3.53. The number of rotatable bonds is 3.